The molecule has 0 aliphatic carbocycles. The van der Waals surface area contributed by atoms with Crippen LogP contribution in [-0.4, -0.2) is 80.6 Å². The Bertz CT molecular complexity index is 1530. The first kappa shape index (κ1) is 28.6. The first-order valence-electron chi connectivity index (χ1n) is 14.2. The number of benzene rings is 2. The van der Waals surface area contributed by atoms with Gasteiger partial charge in [-0.15, -0.1) is 0 Å². The average Bonchev–Trinajstić information content (AvgIpc) is 2.99. The number of nitrogens with zero attached hydrogens (tertiary/aromatic N) is 4. The minimum atomic E-state index is -0.744. The third-order valence-corrected chi connectivity index (χ3v) is 7.94. The topological polar surface area (TPSA) is 139 Å². The molecular formula is C32H38N6O3. The molecule has 5 N–H and O–H groups in total. The Kier molecular flexibility index (Phi) is 8.87. The molecule has 1 saturated heterocycles. The number of hydrogen-bond donors (Lipinski definition) is 3. The summed E-state index contributed by atoms with van der Waals surface area (Å²) in [6.45, 7) is 2.64. The van der Waals surface area contributed by atoms with E-state index in [9.17, 15) is 14.7 Å². The zero-order valence-electron chi connectivity index (χ0n) is 23.4. The van der Waals surface area contributed by atoms with Crippen molar-refractivity contribution in [2.75, 3.05) is 19.7 Å². The Morgan fingerprint density at radius 3 is 1.90 bits per heavy atom. The molecule has 1 aliphatic heterocycles. The second kappa shape index (κ2) is 12.7. The number of para-hydroxylation sites is 2. The minimum absolute atomic E-state index is 0.00528. The molecule has 3 unspecified atom stereocenters. The molecule has 4 atom stereocenters. The first-order chi connectivity index (χ1) is 19.8. The molecule has 0 radical (unpaired) electrons. The van der Waals surface area contributed by atoms with E-state index in [1.807, 2.05) is 67.6 Å². The second-order valence-electron chi connectivity index (χ2n) is 11.0. The maximum atomic E-state index is 13.6. The number of aliphatic hydroxyl groups is 1. The van der Waals surface area contributed by atoms with Crippen molar-refractivity contribution in [3.63, 3.8) is 0 Å². The molecule has 2 aromatic carbocycles. The summed E-state index contributed by atoms with van der Waals surface area (Å²) in [6.07, 6.45) is 5.35. The second-order valence-corrected chi connectivity index (χ2v) is 11.0. The number of hydrogen-bond acceptors (Lipinski definition) is 7. The average molecular weight is 555 g/mol. The van der Waals surface area contributed by atoms with E-state index in [1.54, 1.807) is 22.2 Å². The van der Waals surface area contributed by atoms with Crippen LogP contribution in [0.2, 0.25) is 0 Å². The van der Waals surface area contributed by atoms with Gasteiger partial charge in [0.2, 0.25) is 11.8 Å². The third-order valence-electron chi connectivity index (χ3n) is 7.94. The number of aliphatic hydroxyl groups excluding tert-OH is 1. The molecule has 3 heterocycles. The molecule has 5 rings (SSSR count). The van der Waals surface area contributed by atoms with Gasteiger partial charge < -0.3 is 26.4 Å². The predicted molar refractivity (Wildman–Crippen MR) is 160 cm³/mol. The molecule has 0 saturated carbocycles. The van der Waals surface area contributed by atoms with Crippen LogP contribution in [0.25, 0.3) is 21.8 Å². The van der Waals surface area contributed by atoms with E-state index >= 15 is 0 Å². The molecule has 9 heteroatoms. The fourth-order valence-electron chi connectivity index (χ4n) is 5.75. The van der Waals surface area contributed by atoms with Gasteiger partial charge in [-0.25, -0.2) is 0 Å². The molecule has 2 amide bonds. The van der Waals surface area contributed by atoms with Crippen LogP contribution < -0.4 is 11.5 Å². The molecular weight excluding hydrogens is 516 g/mol. The normalized spacial score (nSPS) is 18.9. The van der Waals surface area contributed by atoms with Crippen LogP contribution in [0.5, 0.6) is 0 Å². The quantitative estimate of drug-likeness (QED) is 0.289. The van der Waals surface area contributed by atoms with E-state index in [2.05, 4.69) is 9.97 Å². The SMILES string of the molecule is C[C@@H]1CN(C(=O)C(N)Cc2cnc3ccccc3c2)C(CCCO)CN1C(=O)C(N)Cc1cnc2ccccc2c1. The zero-order chi connectivity index (χ0) is 28.9. The smallest absolute Gasteiger partial charge is 0.240 e. The molecule has 2 aromatic heterocycles. The summed E-state index contributed by atoms with van der Waals surface area (Å²) in [5.74, 6) is -0.315. The zero-order valence-corrected chi connectivity index (χ0v) is 23.4. The molecule has 0 spiro atoms. The number of piperazine rings is 1. The molecule has 214 valence electrons. The van der Waals surface area contributed by atoms with E-state index in [1.165, 1.54) is 0 Å². The van der Waals surface area contributed by atoms with Crippen LogP contribution in [0.15, 0.2) is 73.1 Å². The van der Waals surface area contributed by atoms with Gasteiger partial charge in [-0.1, -0.05) is 36.4 Å². The fourth-order valence-corrected chi connectivity index (χ4v) is 5.75. The molecule has 1 fully saturated rings. The summed E-state index contributed by atoms with van der Waals surface area (Å²) in [7, 11) is 0. The van der Waals surface area contributed by atoms with Gasteiger partial charge in [-0.2, -0.15) is 0 Å². The Hall–Kier alpha value is -3.92. The molecule has 4 aromatic rings. The summed E-state index contributed by atoms with van der Waals surface area (Å²) < 4.78 is 0. The minimum Gasteiger partial charge on any atom is -0.396 e. The number of rotatable bonds is 9. The van der Waals surface area contributed by atoms with Crippen molar-refractivity contribution >= 4 is 33.6 Å². The van der Waals surface area contributed by atoms with Gasteiger partial charge in [-0.05, 0) is 68.0 Å². The third kappa shape index (κ3) is 6.53. The largest absolute Gasteiger partial charge is 0.396 e. The Labute approximate surface area is 240 Å². The van der Waals surface area contributed by atoms with Crippen molar-refractivity contribution in [1.29, 1.82) is 0 Å². The predicted octanol–water partition coefficient (Wildman–Crippen LogP) is 2.42. The maximum absolute atomic E-state index is 13.6. The first-order valence-corrected chi connectivity index (χ1v) is 14.2. The van der Waals surface area contributed by atoms with Gasteiger partial charge in [0.15, 0.2) is 0 Å². The molecule has 0 bridgehead atoms. The number of carbonyl (C=O) groups excluding carboxylic acids is 2. The Morgan fingerprint density at radius 1 is 0.854 bits per heavy atom. The lowest BCUT2D eigenvalue weighted by Crippen LogP contribution is -2.64. The molecule has 1 aliphatic rings. The highest BCUT2D eigenvalue weighted by Gasteiger charge is 2.39. The van der Waals surface area contributed by atoms with Crippen molar-refractivity contribution in [3.8, 4) is 0 Å². The molecule has 9 nitrogen and oxygen atoms in total. The number of pyridine rings is 2. The van der Waals surface area contributed by atoms with E-state index in [0.29, 0.717) is 38.8 Å². The van der Waals surface area contributed by atoms with E-state index in [4.69, 9.17) is 11.5 Å². The van der Waals surface area contributed by atoms with E-state index in [-0.39, 0.29) is 30.5 Å². The highest BCUT2D eigenvalue weighted by atomic mass is 16.3. The van der Waals surface area contributed by atoms with Crippen LogP contribution in [0.4, 0.5) is 0 Å². The van der Waals surface area contributed by atoms with Crippen LogP contribution in [0.3, 0.4) is 0 Å². The Balaban J connectivity index is 1.26. The van der Waals surface area contributed by atoms with Crippen LogP contribution in [0, 0.1) is 0 Å². The van der Waals surface area contributed by atoms with Crippen molar-refractivity contribution in [1.82, 2.24) is 19.8 Å². The maximum Gasteiger partial charge on any atom is 0.240 e. The number of aromatic nitrogens is 2. The van der Waals surface area contributed by atoms with E-state index in [0.717, 1.165) is 32.9 Å². The van der Waals surface area contributed by atoms with Gasteiger partial charge in [-0.3, -0.25) is 19.6 Å². The lowest BCUT2D eigenvalue weighted by molar-refractivity contribution is -0.148. The van der Waals surface area contributed by atoms with Crippen molar-refractivity contribution in [2.24, 2.45) is 11.5 Å². The molecule has 41 heavy (non-hydrogen) atoms. The van der Waals surface area contributed by atoms with Crippen molar-refractivity contribution in [3.05, 3.63) is 84.2 Å². The number of carbonyl (C=O) groups is 2. The monoisotopic (exact) mass is 554 g/mol. The Morgan fingerprint density at radius 2 is 1.37 bits per heavy atom. The summed E-state index contributed by atoms with van der Waals surface area (Å²) >= 11 is 0. The lowest BCUT2D eigenvalue weighted by atomic mass is 9.98. The summed E-state index contributed by atoms with van der Waals surface area (Å²) in [4.78, 5) is 39.7. The summed E-state index contributed by atoms with van der Waals surface area (Å²) in [6, 6.07) is 17.7. The van der Waals surface area contributed by atoms with Gasteiger partial charge in [0.25, 0.3) is 0 Å². The number of nitrogens with two attached hydrogens (primary N) is 2. The highest BCUT2D eigenvalue weighted by Crippen LogP contribution is 2.23. The number of amides is 2. The fraction of sp³-hybridized carbons (Fsp3) is 0.375. The number of fused-ring (bicyclic) bond motifs is 2. The van der Waals surface area contributed by atoms with Gasteiger partial charge in [0.1, 0.15) is 0 Å². The van der Waals surface area contributed by atoms with Gasteiger partial charge >= 0.3 is 0 Å². The van der Waals surface area contributed by atoms with Crippen molar-refractivity contribution in [2.45, 2.75) is 56.8 Å². The van der Waals surface area contributed by atoms with Gasteiger partial charge in [0, 0.05) is 54.9 Å². The van der Waals surface area contributed by atoms with Crippen LogP contribution >= 0.6 is 0 Å². The standard InChI is InChI=1S/C32H38N6O3/c1-21-19-38(32(41)28(34)16-23-14-25-8-3-5-11-30(25)36-18-23)26(9-6-12-39)20-37(21)31(40)27(33)15-22-13-24-7-2-4-10-29(24)35-17-22/h2-5,7-8,10-11,13-14,17-18,21,26-28,39H,6,9,12,15-16,19-20,33-34H2,1H3/t21-,26?,27?,28?/m1/s1. The van der Waals surface area contributed by atoms with E-state index < -0.39 is 12.1 Å². The van der Waals surface area contributed by atoms with Gasteiger partial charge in [0.05, 0.1) is 23.1 Å². The van der Waals surface area contributed by atoms with Crippen molar-refractivity contribution < 1.29 is 14.7 Å². The summed E-state index contributed by atoms with van der Waals surface area (Å²) in [5.41, 5.74) is 16.5. The van der Waals surface area contributed by atoms with Crippen LogP contribution in [0.1, 0.15) is 30.9 Å². The van der Waals surface area contributed by atoms with Crippen LogP contribution in [-0.2, 0) is 22.4 Å². The highest BCUT2D eigenvalue weighted by molar-refractivity contribution is 5.85. The summed E-state index contributed by atoms with van der Waals surface area (Å²) in [5, 5.41) is 11.5. The lowest BCUT2D eigenvalue weighted by Gasteiger charge is -2.46.